The summed E-state index contributed by atoms with van der Waals surface area (Å²) in [7, 11) is 0. The second-order valence-corrected chi connectivity index (χ2v) is 11.9. The molecule has 0 radical (unpaired) electrons. The molecule has 1 aliphatic heterocycles. The Balaban J connectivity index is 0.960. The summed E-state index contributed by atoms with van der Waals surface area (Å²) in [5, 5.41) is 8.44. The second-order valence-electron chi connectivity index (χ2n) is 11.5. The summed E-state index contributed by atoms with van der Waals surface area (Å²) in [6.45, 7) is 4.74. The standard InChI is InChI=1S/C30H40ClN7O/c31-27-17-21(26-19-33-30-25(26)7-4-12-32-30)18-28(36-27)34-22-8-10-23(11-9-22)35-29(39)20-37-13-15-38(16-14-37)24-5-2-1-3-6-24/h4,7,12,17-19,22-24H,1-3,5-6,8-11,13-16,20H2,(H,32,33)(H,34,36)(H,35,39)/t22-,23-. The number of piperazine rings is 1. The van der Waals surface area contributed by atoms with Gasteiger partial charge in [-0.1, -0.05) is 30.9 Å². The maximum absolute atomic E-state index is 12.8. The van der Waals surface area contributed by atoms with E-state index in [1.807, 2.05) is 18.3 Å². The van der Waals surface area contributed by atoms with E-state index < -0.39 is 0 Å². The number of aromatic nitrogens is 3. The minimum Gasteiger partial charge on any atom is -0.367 e. The van der Waals surface area contributed by atoms with Crippen LogP contribution in [-0.4, -0.2) is 81.5 Å². The van der Waals surface area contributed by atoms with Gasteiger partial charge in [0.05, 0.1) is 6.54 Å². The quantitative estimate of drug-likeness (QED) is 0.357. The van der Waals surface area contributed by atoms with Gasteiger partial charge in [0.2, 0.25) is 5.91 Å². The molecule has 39 heavy (non-hydrogen) atoms. The highest BCUT2D eigenvalue weighted by Gasteiger charge is 2.27. The number of carbonyl (C=O) groups is 1. The van der Waals surface area contributed by atoms with Gasteiger partial charge in [-0.3, -0.25) is 14.6 Å². The van der Waals surface area contributed by atoms with Crippen LogP contribution in [0.2, 0.25) is 5.15 Å². The van der Waals surface area contributed by atoms with Crippen LogP contribution in [0.5, 0.6) is 0 Å². The number of aromatic amines is 1. The maximum Gasteiger partial charge on any atom is 0.234 e. The van der Waals surface area contributed by atoms with Gasteiger partial charge in [0.25, 0.3) is 0 Å². The number of halogens is 1. The zero-order valence-electron chi connectivity index (χ0n) is 22.7. The fourth-order valence-corrected chi connectivity index (χ4v) is 6.93. The summed E-state index contributed by atoms with van der Waals surface area (Å²) in [5.74, 6) is 0.961. The van der Waals surface area contributed by atoms with Crippen molar-refractivity contribution in [2.45, 2.75) is 75.9 Å². The predicted molar refractivity (Wildman–Crippen MR) is 157 cm³/mol. The Hall–Kier alpha value is -2.68. The van der Waals surface area contributed by atoms with Crippen LogP contribution in [-0.2, 0) is 4.79 Å². The summed E-state index contributed by atoms with van der Waals surface area (Å²) in [6.07, 6.45) is 14.6. The van der Waals surface area contributed by atoms with Crippen LogP contribution in [0.3, 0.4) is 0 Å². The summed E-state index contributed by atoms with van der Waals surface area (Å²) in [5.41, 5.74) is 2.93. The SMILES string of the molecule is O=C(CN1CCN(C2CCCCC2)CC1)N[C@H]1CC[C@H](Nc2cc(-c3c[nH]c4ncccc34)cc(Cl)n2)CC1. The fraction of sp³-hybridized carbons (Fsp3) is 0.567. The Morgan fingerprint density at radius 1 is 1.00 bits per heavy atom. The normalized spacial score (nSPS) is 23.6. The van der Waals surface area contributed by atoms with E-state index in [0.29, 0.717) is 17.7 Å². The number of fused-ring (bicyclic) bond motifs is 1. The average molecular weight is 550 g/mol. The third-order valence-electron chi connectivity index (χ3n) is 8.87. The first-order valence-electron chi connectivity index (χ1n) is 14.7. The highest BCUT2D eigenvalue weighted by molar-refractivity contribution is 6.29. The number of hydrogen-bond acceptors (Lipinski definition) is 6. The molecule has 0 bridgehead atoms. The molecular weight excluding hydrogens is 510 g/mol. The number of rotatable bonds is 7. The second kappa shape index (κ2) is 12.2. The number of amides is 1. The van der Waals surface area contributed by atoms with E-state index in [4.69, 9.17) is 11.6 Å². The number of nitrogens with zero attached hydrogens (tertiary/aromatic N) is 4. The lowest BCUT2D eigenvalue weighted by molar-refractivity contribution is -0.123. The third kappa shape index (κ3) is 6.56. The highest BCUT2D eigenvalue weighted by atomic mass is 35.5. The highest BCUT2D eigenvalue weighted by Crippen LogP contribution is 2.31. The van der Waals surface area contributed by atoms with Gasteiger partial charge >= 0.3 is 0 Å². The lowest BCUT2D eigenvalue weighted by atomic mass is 9.91. The molecule has 3 aromatic rings. The Bertz CT molecular complexity index is 1260. The smallest absolute Gasteiger partial charge is 0.234 e. The molecule has 3 aliphatic rings. The van der Waals surface area contributed by atoms with Crippen LogP contribution < -0.4 is 10.6 Å². The minimum absolute atomic E-state index is 0.173. The summed E-state index contributed by atoms with van der Waals surface area (Å²) in [4.78, 5) is 30.0. The van der Waals surface area contributed by atoms with Crippen molar-refractivity contribution in [1.29, 1.82) is 0 Å². The molecule has 8 nitrogen and oxygen atoms in total. The minimum atomic E-state index is 0.173. The number of nitrogens with one attached hydrogen (secondary N) is 3. The first-order valence-corrected chi connectivity index (χ1v) is 15.1. The van der Waals surface area contributed by atoms with E-state index in [1.54, 1.807) is 6.20 Å². The molecule has 0 aromatic carbocycles. The van der Waals surface area contributed by atoms with E-state index in [9.17, 15) is 4.79 Å². The first kappa shape index (κ1) is 26.5. The molecule has 6 rings (SSSR count). The lowest BCUT2D eigenvalue weighted by Gasteiger charge is -2.40. The summed E-state index contributed by atoms with van der Waals surface area (Å²) in [6, 6.07) is 9.29. The van der Waals surface area contributed by atoms with Gasteiger partial charge in [-0.25, -0.2) is 9.97 Å². The van der Waals surface area contributed by atoms with Gasteiger partial charge < -0.3 is 15.6 Å². The third-order valence-corrected chi connectivity index (χ3v) is 9.06. The van der Waals surface area contributed by atoms with E-state index in [0.717, 1.165) is 85.9 Å². The first-order chi connectivity index (χ1) is 19.1. The number of pyridine rings is 2. The molecule has 1 amide bonds. The van der Waals surface area contributed by atoms with Crippen molar-refractivity contribution in [3.8, 4) is 11.1 Å². The average Bonchev–Trinajstić information content (AvgIpc) is 3.39. The van der Waals surface area contributed by atoms with Gasteiger partial charge in [-0.05, 0) is 68.4 Å². The topological polar surface area (TPSA) is 89.2 Å². The molecular formula is C30H40ClN7O. The molecule has 0 atom stereocenters. The molecule has 3 N–H and O–H groups in total. The molecule has 0 unspecified atom stereocenters. The Kier molecular flexibility index (Phi) is 8.32. The zero-order chi connectivity index (χ0) is 26.6. The van der Waals surface area contributed by atoms with Crippen molar-refractivity contribution in [1.82, 2.24) is 30.1 Å². The molecule has 1 saturated heterocycles. The van der Waals surface area contributed by atoms with Crippen molar-refractivity contribution < 1.29 is 4.79 Å². The van der Waals surface area contributed by atoms with E-state index in [-0.39, 0.29) is 11.9 Å². The van der Waals surface area contributed by atoms with Crippen molar-refractivity contribution in [2.24, 2.45) is 0 Å². The van der Waals surface area contributed by atoms with Crippen LogP contribution in [0.4, 0.5) is 5.82 Å². The van der Waals surface area contributed by atoms with Crippen LogP contribution in [0.25, 0.3) is 22.2 Å². The van der Waals surface area contributed by atoms with Gasteiger partial charge in [0.1, 0.15) is 16.6 Å². The molecule has 2 saturated carbocycles. The zero-order valence-corrected chi connectivity index (χ0v) is 23.4. The fourth-order valence-electron chi connectivity index (χ4n) is 6.72. The summed E-state index contributed by atoms with van der Waals surface area (Å²) < 4.78 is 0. The molecule has 3 fully saturated rings. The van der Waals surface area contributed by atoms with Crippen molar-refractivity contribution in [3.63, 3.8) is 0 Å². The molecule has 9 heteroatoms. The Morgan fingerprint density at radius 3 is 2.56 bits per heavy atom. The van der Waals surface area contributed by atoms with E-state index in [1.165, 1.54) is 32.1 Å². The van der Waals surface area contributed by atoms with Crippen LogP contribution in [0.1, 0.15) is 57.8 Å². The number of H-pyrrole nitrogens is 1. The molecule has 2 aliphatic carbocycles. The van der Waals surface area contributed by atoms with Crippen LogP contribution in [0.15, 0.2) is 36.7 Å². The molecule has 208 valence electrons. The van der Waals surface area contributed by atoms with Gasteiger partial charge in [0.15, 0.2) is 0 Å². The summed E-state index contributed by atoms with van der Waals surface area (Å²) >= 11 is 6.41. The lowest BCUT2D eigenvalue weighted by Crippen LogP contribution is -2.53. The van der Waals surface area contributed by atoms with E-state index >= 15 is 0 Å². The molecule has 3 aromatic heterocycles. The van der Waals surface area contributed by atoms with E-state index in [2.05, 4.69) is 47.5 Å². The number of carbonyl (C=O) groups excluding carboxylic acids is 1. The van der Waals surface area contributed by atoms with Gasteiger partial charge in [-0.2, -0.15) is 0 Å². The number of hydrogen-bond donors (Lipinski definition) is 3. The van der Waals surface area contributed by atoms with Crippen LogP contribution >= 0.6 is 11.6 Å². The predicted octanol–water partition coefficient (Wildman–Crippen LogP) is 5.07. The van der Waals surface area contributed by atoms with Crippen molar-refractivity contribution >= 4 is 34.4 Å². The van der Waals surface area contributed by atoms with Gasteiger partial charge in [0, 0.05) is 67.6 Å². The maximum atomic E-state index is 12.8. The van der Waals surface area contributed by atoms with Crippen molar-refractivity contribution in [2.75, 3.05) is 38.0 Å². The largest absolute Gasteiger partial charge is 0.367 e. The van der Waals surface area contributed by atoms with Crippen LogP contribution in [0, 0.1) is 0 Å². The number of anilines is 1. The molecule has 4 heterocycles. The molecule has 0 spiro atoms. The Labute approximate surface area is 235 Å². The van der Waals surface area contributed by atoms with Crippen molar-refractivity contribution in [3.05, 3.63) is 41.8 Å². The monoisotopic (exact) mass is 549 g/mol. The Morgan fingerprint density at radius 2 is 1.77 bits per heavy atom. The van der Waals surface area contributed by atoms with Gasteiger partial charge in [-0.15, -0.1) is 0 Å².